The van der Waals surface area contributed by atoms with E-state index >= 15 is 0 Å². The molecule has 0 amide bonds. The first-order chi connectivity index (χ1) is 6.06. The zero-order chi connectivity index (χ0) is 10.3. The number of carbonyl (C=O) groups excluding carboxylic acids is 1. The average molecular weight is 258 g/mol. The number of rotatable bonds is 1. The summed E-state index contributed by atoms with van der Waals surface area (Å²) >= 11 is 15.2. The third-order valence-corrected chi connectivity index (χ3v) is 1.83. The maximum atomic E-state index is 9.45. The summed E-state index contributed by atoms with van der Waals surface area (Å²) in [6.07, 6.45) is 0. The fourth-order valence-electron chi connectivity index (χ4n) is 0.606. The van der Waals surface area contributed by atoms with Crippen molar-refractivity contribution in [1.82, 2.24) is 0 Å². The van der Waals surface area contributed by atoms with Crippen LogP contribution in [0.25, 0.3) is 0 Å². The molecule has 0 unspecified atom stereocenters. The fraction of sp³-hybridized carbons (Fsp3) is 0.222. The summed E-state index contributed by atoms with van der Waals surface area (Å²) in [6.45, 7) is 2.02. The molecule has 0 bridgehead atoms. The molecule has 0 aliphatic heterocycles. The van der Waals surface area contributed by atoms with Gasteiger partial charge in [-0.05, 0) is 36.2 Å². The molecular weight excluding hydrogens is 246 g/mol. The van der Waals surface area contributed by atoms with Crippen LogP contribution in [0, 0.1) is 6.92 Å². The maximum absolute atomic E-state index is 9.45. The number of alkyl halides is 1. The predicted octanol–water partition coefficient (Wildman–Crippen LogP) is 2.81. The molecule has 0 heterocycles. The van der Waals surface area contributed by atoms with Crippen molar-refractivity contribution in [2.75, 3.05) is 5.88 Å². The Kier molecular flexibility index (Phi) is 10.7. The van der Waals surface area contributed by atoms with Gasteiger partial charge in [0.05, 0.1) is 5.88 Å². The van der Waals surface area contributed by atoms with Crippen molar-refractivity contribution in [1.29, 1.82) is 0 Å². The summed E-state index contributed by atoms with van der Waals surface area (Å²) in [5.74, 6) is -0.0957. The third kappa shape index (κ3) is 9.81. The summed E-state index contributed by atoms with van der Waals surface area (Å²) in [5.41, 5.74) is 1.21. The summed E-state index contributed by atoms with van der Waals surface area (Å²) in [7, 11) is 0. The number of hydrogen-bond donors (Lipinski definition) is 0. The van der Waals surface area contributed by atoms with Gasteiger partial charge in [-0.2, -0.15) is 0 Å². The lowest BCUT2D eigenvalue weighted by Gasteiger charge is -1.88. The highest BCUT2D eigenvalue weighted by molar-refractivity contribution is 6.67. The first-order valence-electron chi connectivity index (χ1n) is 3.52. The van der Waals surface area contributed by atoms with E-state index in [0.29, 0.717) is 0 Å². The Morgan fingerprint density at radius 1 is 1.43 bits per heavy atom. The molecule has 0 aromatic heterocycles. The number of halogens is 3. The van der Waals surface area contributed by atoms with E-state index in [4.69, 9.17) is 34.8 Å². The minimum atomic E-state index is -0.508. The van der Waals surface area contributed by atoms with E-state index in [2.05, 4.69) is 0 Å². The van der Waals surface area contributed by atoms with Gasteiger partial charge in [0.25, 0.3) is 0 Å². The first kappa shape index (κ1) is 16.2. The van der Waals surface area contributed by atoms with Gasteiger partial charge >= 0.3 is 0 Å². The maximum Gasteiger partial charge on any atom is 0.236 e. The van der Waals surface area contributed by atoms with Crippen molar-refractivity contribution in [3.05, 3.63) is 34.9 Å². The molecule has 0 spiro atoms. The highest BCUT2D eigenvalue weighted by Crippen LogP contribution is 2.08. The second-order valence-electron chi connectivity index (χ2n) is 2.29. The van der Waals surface area contributed by atoms with Crippen LogP contribution in [-0.2, 0) is 4.79 Å². The van der Waals surface area contributed by atoms with Crippen molar-refractivity contribution in [3.8, 4) is 0 Å². The molecule has 5 heteroatoms. The lowest BCUT2D eigenvalue weighted by molar-refractivity contribution is -0.109. The molecule has 14 heavy (non-hydrogen) atoms. The normalized spacial score (nSPS) is 8.00. The number of aryl methyl sites for hydroxylation is 1. The molecular formula is C9H11Cl3O2. The van der Waals surface area contributed by atoms with Crippen LogP contribution in [0.2, 0.25) is 5.02 Å². The highest BCUT2D eigenvalue weighted by Gasteiger charge is 1.83. The van der Waals surface area contributed by atoms with Gasteiger partial charge in [-0.15, -0.1) is 11.6 Å². The summed E-state index contributed by atoms with van der Waals surface area (Å²) in [5, 5.41) is 0.302. The SMILES string of the molecule is Cc1cccc(Cl)c1.O.O=C(Cl)CCl. The van der Waals surface area contributed by atoms with Gasteiger partial charge < -0.3 is 5.48 Å². The Balaban J connectivity index is 0. The second kappa shape index (κ2) is 9.28. The molecule has 2 nitrogen and oxygen atoms in total. The smallest absolute Gasteiger partial charge is 0.236 e. The fourth-order valence-corrected chi connectivity index (χ4v) is 0.850. The van der Waals surface area contributed by atoms with Crippen molar-refractivity contribution in [2.45, 2.75) is 6.92 Å². The van der Waals surface area contributed by atoms with E-state index in [0.717, 1.165) is 5.02 Å². The van der Waals surface area contributed by atoms with Crippen molar-refractivity contribution < 1.29 is 10.3 Å². The van der Waals surface area contributed by atoms with Crippen LogP contribution in [0.3, 0.4) is 0 Å². The van der Waals surface area contributed by atoms with Crippen LogP contribution in [0.4, 0.5) is 0 Å². The molecule has 2 N–H and O–H groups in total. The highest BCUT2D eigenvalue weighted by atomic mass is 35.5. The average Bonchev–Trinajstić information content (AvgIpc) is 2.05. The van der Waals surface area contributed by atoms with Crippen LogP contribution < -0.4 is 0 Å². The van der Waals surface area contributed by atoms with Crippen LogP contribution in [-0.4, -0.2) is 16.6 Å². The largest absolute Gasteiger partial charge is 0.412 e. The molecule has 80 valence electrons. The van der Waals surface area contributed by atoms with E-state index in [1.165, 1.54) is 5.56 Å². The second-order valence-corrected chi connectivity index (χ2v) is 3.41. The quantitative estimate of drug-likeness (QED) is 0.564. The van der Waals surface area contributed by atoms with Gasteiger partial charge in [0, 0.05) is 5.02 Å². The van der Waals surface area contributed by atoms with E-state index in [1.807, 2.05) is 31.2 Å². The minimum Gasteiger partial charge on any atom is -0.412 e. The Hall–Kier alpha value is -0.280. The van der Waals surface area contributed by atoms with E-state index in [1.54, 1.807) is 0 Å². The molecule has 0 aliphatic carbocycles. The van der Waals surface area contributed by atoms with Crippen LogP contribution in [0.1, 0.15) is 5.56 Å². The molecule has 1 aromatic carbocycles. The van der Waals surface area contributed by atoms with Gasteiger partial charge in [0.15, 0.2) is 0 Å². The zero-order valence-electron chi connectivity index (χ0n) is 7.56. The topological polar surface area (TPSA) is 48.6 Å². The first-order valence-corrected chi connectivity index (χ1v) is 4.81. The summed E-state index contributed by atoms with van der Waals surface area (Å²) in [6, 6.07) is 7.76. The molecule has 1 aromatic rings. The van der Waals surface area contributed by atoms with E-state index < -0.39 is 5.24 Å². The van der Waals surface area contributed by atoms with E-state index in [9.17, 15) is 4.79 Å². The van der Waals surface area contributed by atoms with Gasteiger partial charge in [-0.1, -0.05) is 23.7 Å². The van der Waals surface area contributed by atoms with Crippen LogP contribution in [0.5, 0.6) is 0 Å². The standard InChI is InChI=1S/C7H7Cl.C2H2Cl2O.H2O/c1-6-3-2-4-7(8)5-6;3-1-2(4)5;/h2-5H,1H3;1H2;1H2. The molecule has 0 radical (unpaired) electrons. The van der Waals surface area contributed by atoms with E-state index in [-0.39, 0.29) is 11.4 Å². The van der Waals surface area contributed by atoms with Crippen molar-refractivity contribution in [2.24, 2.45) is 0 Å². The lowest BCUT2D eigenvalue weighted by Crippen LogP contribution is -1.81. The Labute approximate surface area is 98.1 Å². The van der Waals surface area contributed by atoms with Crippen molar-refractivity contribution >= 4 is 40.0 Å². The van der Waals surface area contributed by atoms with Crippen LogP contribution >= 0.6 is 34.8 Å². The molecule has 0 fully saturated rings. The Bertz CT molecular complexity index is 259. The Morgan fingerprint density at radius 2 is 1.93 bits per heavy atom. The summed E-state index contributed by atoms with van der Waals surface area (Å²) < 4.78 is 0. The number of benzene rings is 1. The predicted molar refractivity (Wildman–Crippen MR) is 61.4 cm³/mol. The van der Waals surface area contributed by atoms with Gasteiger partial charge in [0.2, 0.25) is 5.24 Å². The molecule has 1 rings (SSSR count). The molecule has 0 aliphatic rings. The lowest BCUT2D eigenvalue weighted by atomic mass is 10.2. The number of carbonyl (C=O) groups is 1. The molecule has 0 saturated carbocycles. The molecule has 0 saturated heterocycles. The Morgan fingerprint density at radius 3 is 2.14 bits per heavy atom. The minimum absolute atomic E-state index is 0. The summed E-state index contributed by atoms with van der Waals surface area (Å²) in [4.78, 5) is 9.45. The van der Waals surface area contributed by atoms with Gasteiger partial charge in [-0.25, -0.2) is 0 Å². The molecule has 0 atom stereocenters. The van der Waals surface area contributed by atoms with Gasteiger partial charge in [0.1, 0.15) is 0 Å². The monoisotopic (exact) mass is 256 g/mol. The zero-order valence-corrected chi connectivity index (χ0v) is 9.83. The van der Waals surface area contributed by atoms with Crippen molar-refractivity contribution in [3.63, 3.8) is 0 Å². The van der Waals surface area contributed by atoms with Gasteiger partial charge in [-0.3, -0.25) is 4.79 Å². The third-order valence-electron chi connectivity index (χ3n) is 1.09. The van der Waals surface area contributed by atoms with Crippen LogP contribution in [0.15, 0.2) is 24.3 Å². The number of hydrogen-bond acceptors (Lipinski definition) is 1.